The summed E-state index contributed by atoms with van der Waals surface area (Å²) in [6, 6.07) is 5.31. The van der Waals surface area contributed by atoms with Gasteiger partial charge in [0.05, 0.1) is 12.2 Å². The summed E-state index contributed by atoms with van der Waals surface area (Å²) < 4.78 is 13.4. The van der Waals surface area contributed by atoms with Crippen LogP contribution in [0.4, 0.5) is 0 Å². The molecule has 25 heavy (non-hydrogen) atoms. The average Bonchev–Trinajstić information content (AvgIpc) is 2.85. The number of carboxylic acids is 1. The van der Waals surface area contributed by atoms with Gasteiger partial charge in [-0.2, -0.15) is 10.2 Å². The highest BCUT2D eigenvalue weighted by atomic mass is 16.5. The van der Waals surface area contributed by atoms with Crippen LogP contribution in [0, 0.1) is 11.3 Å². The van der Waals surface area contributed by atoms with Crippen LogP contribution in [-0.4, -0.2) is 32.7 Å². The lowest BCUT2D eigenvalue weighted by Gasteiger charge is -2.26. The molecule has 0 spiro atoms. The predicted octanol–water partition coefficient (Wildman–Crippen LogP) is 3.04. The van der Waals surface area contributed by atoms with Crippen molar-refractivity contribution in [1.82, 2.24) is 9.38 Å². The van der Waals surface area contributed by atoms with Crippen molar-refractivity contribution in [2.24, 2.45) is 0 Å². The molecule has 0 radical (unpaired) electrons. The van der Waals surface area contributed by atoms with Crippen LogP contribution in [-0.2, 0) is 4.79 Å². The van der Waals surface area contributed by atoms with E-state index in [9.17, 15) is 4.79 Å². The number of fused-ring (bicyclic) bond motifs is 1. The Labute approximate surface area is 145 Å². The highest BCUT2D eigenvalue weighted by molar-refractivity contribution is 5.96. The summed E-state index contributed by atoms with van der Waals surface area (Å²) in [5.74, 6) is -0.405. The molecule has 0 atom stereocenters. The van der Waals surface area contributed by atoms with Gasteiger partial charge in [0.2, 0.25) is 5.88 Å². The minimum atomic E-state index is -1.30. The van der Waals surface area contributed by atoms with Gasteiger partial charge in [0, 0.05) is 6.20 Å². The van der Waals surface area contributed by atoms with Crippen molar-refractivity contribution in [3.8, 4) is 17.7 Å². The number of nitriles is 1. The second kappa shape index (κ2) is 6.85. The molecule has 2 heterocycles. The van der Waals surface area contributed by atoms with Gasteiger partial charge in [-0.1, -0.05) is 0 Å². The summed E-state index contributed by atoms with van der Waals surface area (Å²) in [4.78, 5) is 15.7. The normalized spacial score (nSPS) is 15.0. The molecule has 7 heteroatoms. The zero-order chi connectivity index (χ0) is 18.0. The topological polar surface area (TPSA) is 96.9 Å². The SMILES string of the molecule is CC(C)Oc1nc2c(OC3CCC3)cccn2c1C=C(C#N)C(=O)O. The van der Waals surface area contributed by atoms with Gasteiger partial charge < -0.3 is 14.6 Å². The van der Waals surface area contributed by atoms with Crippen molar-refractivity contribution in [1.29, 1.82) is 5.26 Å². The van der Waals surface area contributed by atoms with E-state index in [1.165, 1.54) is 6.08 Å². The third-order valence-corrected chi connectivity index (χ3v) is 3.94. The number of ether oxygens (including phenoxy) is 2. The van der Waals surface area contributed by atoms with Crippen LogP contribution >= 0.6 is 0 Å². The van der Waals surface area contributed by atoms with E-state index < -0.39 is 5.97 Å². The molecular formula is C18H19N3O4. The number of hydrogen-bond acceptors (Lipinski definition) is 5. The van der Waals surface area contributed by atoms with Gasteiger partial charge in [-0.25, -0.2) is 4.79 Å². The van der Waals surface area contributed by atoms with Crippen LogP contribution in [0.3, 0.4) is 0 Å². The summed E-state index contributed by atoms with van der Waals surface area (Å²) in [6.45, 7) is 3.71. The van der Waals surface area contributed by atoms with E-state index in [4.69, 9.17) is 19.8 Å². The Kier molecular flexibility index (Phi) is 4.61. The molecule has 0 saturated heterocycles. The number of aromatic nitrogens is 2. The Hall–Kier alpha value is -3.01. The first kappa shape index (κ1) is 16.8. The molecule has 0 unspecified atom stereocenters. The Morgan fingerprint density at radius 2 is 2.28 bits per heavy atom. The number of carbonyl (C=O) groups is 1. The highest BCUT2D eigenvalue weighted by Gasteiger charge is 2.23. The fraction of sp³-hybridized carbons (Fsp3) is 0.389. The van der Waals surface area contributed by atoms with Crippen LogP contribution in [0.25, 0.3) is 11.7 Å². The standard InChI is InChI=1S/C18H19N3O4/c1-11(2)24-17-14(9-12(10-19)18(22)23)21-8-4-7-15(16(21)20-17)25-13-5-3-6-13/h4,7-9,11,13H,3,5-6H2,1-2H3,(H,22,23). The quantitative estimate of drug-likeness (QED) is 0.641. The minimum absolute atomic E-state index is 0.150. The Balaban J connectivity index is 2.13. The fourth-order valence-corrected chi connectivity index (χ4v) is 2.52. The molecule has 3 rings (SSSR count). The zero-order valence-electron chi connectivity index (χ0n) is 14.1. The Bertz CT molecular complexity index is 872. The van der Waals surface area contributed by atoms with Crippen molar-refractivity contribution in [3.63, 3.8) is 0 Å². The summed E-state index contributed by atoms with van der Waals surface area (Å²) in [5, 5.41) is 18.2. The van der Waals surface area contributed by atoms with Gasteiger partial charge in [-0.05, 0) is 51.3 Å². The molecule has 1 aliphatic rings. The van der Waals surface area contributed by atoms with Gasteiger partial charge in [0.25, 0.3) is 0 Å². The van der Waals surface area contributed by atoms with E-state index in [0.717, 1.165) is 19.3 Å². The van der Waals surface area contributed by atoms with E-state index in [0.29, 0.717) is 17.1 Å². The van der Waals surface area contributed by atoms with Gasteiger partial charge in [-0.15, -0.1) is 0 Å². The molecule has 2 aromatic heterocycles. The number of pyridine rings is 1. The van der Waals surface area contributed by atoms with Crippen molar-refractivity contribution in [3.05, 3.63) is 29.6 Å². The van der Waals surface area contributed by atoms with Crippen LogP contribution in [0.2, 0.25) is 0 Å². The van der Waals surface area contributed by atoms with Crippen molar-refractivity contribution in [2.75, 3.05) is 0 Å². The van der Waals surface area contributed by atoms with E-state index in [2.05, 4.69) is 4.98 Å². The lowest BCUT2D eigenvalue weighted by atomic mass is 9.96. The monoisotopic (exact) mass is 341 g/mol. The minimum Gasteiger partial charge on any atom is -0.487 e. The molecule has 1 N–H and O–H groups in total. The molecule has 0 bridgehead atoms. The fourth-order valence-electron chi connectivity index (χ4n) is 2.52. The molecule has 0 aliphatic heterocycles. The highest BCUT2D eigenvalue weighted by Crippen LogP contribution is 2.32. The van der Waals surface area contributed by atoms with E-state index in [-0.39, 0.29) is 23.7 Å². The third-order valence-electron chi connectivity index (χ3n) is 3.94. The van der Waals surface area contributed by atoms with Crippen LogP contribution < -0.4 is 9.47 Å². The summed E-state index contributed by atoms with van der Waals surface area (Å²) >= 11 is 0. The molecular weight excluding hydrogens is 322 g/mol. The maximum Gasteiger partial charge on any atom is 0.346 e. The van der Waals surface area contributed by atoms with E-state index >= 15 is 0 Å². The van der Waals surface area contributed by atoms with Gasteiger partial charge in [-0.3, -0.25) is 4.40 Å². The second-order valence-corrected chi connectivity index (χ2v) is 6.18. The van der Waals surface area contributed by atoms with Crippen molar-refractivity contribution in [2.45, 2.75) is 45.3 Å². The van der Waals surface area contributed by atoms with Crippen LogP contribution in [0.15, 0.2) is 23.9 Å². The average molecular weight is 341 g/mol. The smallest absolute Gasteiger partial charge is 0.346 e. The summed E-state index contributed by atoms with van der Waals surface area (Å²) in [5.41, 5.74) is 0.557. The first-order valence-electron chi connectivity index (χ1n) is 8.19. The second-order valence-electron chi connectivity index (χ2n) is 6.18. The number of rotatable bonds is 6. The molecule has 1 fully saturated rings. The number of imidazole rings is 1. The molecule has 1 aliphatic carbocycles. The molecule has 7 nitrogen and oxygen atoms in total. The third kappa shape index (κ3) is 3.43. The van der Waals surface area contributed by atoms with Crippen LogP contribution in [0.5, 0.6) is 11.6 Å². The van der Waals surface area contributed by atoms with Gasteiger partial charge >= 0.3 is 5.97 Å². The lowest BCUT2D eigenvalue weighted by Crippen LogP contribution is -2.24. The number of carboxylic acid groups (broad SMARTS) is 1. The van der Waals surface area contributed by atoms with Crippen molar-refractivity contribution < 1.29 is 19.4 Å². The number of hydrogen-bond donors (Lipinski definition) is 1. The maximum atomic E-state index is 11.2. The molecule has 0 aromatic carbocycles. The molecule has 1 saturated carbocycles. The zero-order valence-corrected chi connectivity index (χ0v) is 14.1. The van der Waals surface area contributed by atoms with Gasteiger partial charge in [0.1, 0.15) is 17.3 Å². The first-order valence-corrected chi connectivity index (χ1v) is 8.19. The van der Waals surface area contributed by atoms with E-state index in [1.807, 2.05) is 19.9 Å². The summed E-state index contributed by atoms with van der Waals surface area (Å²) in [7, 11) is 0. The number of nitrogens with zero attached hydrogens (tertiary/aromatic N) is 3. The van der Waals surface area contributed by atoms with Crippen LogP contribution in [0.1, 0.15) is 38.8 Å². The lowest BCUT2D eigenvalue weighted by molar-refractivity contribution is -0.132. The first-order chi connectivity index (χ1) is 12.0. The Morgan fingerprint density at radius 1 is 1.52 bits per heavy atom. The molecule has 130 valence electrons. The molecule has 0 amide bonds. The predicted molar refractivity (Wildman–Crippen MR) is 90.4 cm³/mol. The van der Waals surface area contributed by atoms with E-state index in [1.54, 1.807) is 22.7 Å². The molecule has 2 aromatic rings. The summed E-state index contributed by atoms with van der Waals surface area (Å²) in [6.07, 6.45) is 6.23. The maximum absolute atomic E-state index is 11.2. The Morgan fingerprint density at radius 3 is 2.84 bits per heavy atom. The van der Waals surface area contributed by atoms with Crippen molar-refractivity contribution >= 4 is 17.7 Å². The number of aliphatic carboxylic acids is 1. The largest absolute Gasteiger partial charge is 0.487 e. The van der Waals surface area contributed by atoms with Gasteiger partial charge in [0.15, 0.2) is 11.4 Å².